The van der Waals surface area contributed by atoms with E-state index in [1.165, 1.54) is 16.7 Å². The van der Waals surface area contributed by atoms with Crippen molar-refractivity contribution in [3.63, 3.8) is 0 Å². The highest BCUT2D eigenvalue weighted by Gasteiger charge is 2.20. The number of benzene rings is 2. The van der Waals surface area contributed by atoms with Crippen molar-refractivity contribution in [1.29, 1.82) is 0 Å². The molecule has 0 fully saturated rings. The van der Waals surface area contributed by atoms with Gasteiger partial charge in [-0.3, -0.25) is 0 Å². The van der Waals surface area contributed by atoms with E-state index >= 15 is 0 Å². The van der Waals surface area contributed by atoms with Crippen molar-refractivity contribution in [2.45, 2.75) is 25.4 Å². The second-order valence-electron chi connectivity index (χ2n) is 5.78. The first kappa shape index (κ1) is 14.3. The van der Waals surface area contributed by atoms with E-state index in [0.29, 0.717) is 5.92 Å². The van der Waals surface area contributed by atoms with Crippen molar-refractivity contribution >= 4 is 0 Å². The molecule has 3 rings (SSSR count). The molecule has 2 nitrogen and oxygen atoms in total. The highest BCUT2D eigenvalue weighted by molar-refractivity contribution is 5.31. The molecule has 1 heterocycles. The molecule has 21 heavy (non-hydrogen) atoms. The zero-order chi connectivity index (χ0) is 14.5. The minimum atomic E-state index is 0.193. The predicted octanol–water partition coefficient (Wildman–Crippen LogP) is 3.69. The average molecular weight is 281 g/mol. The van der Waals surface area contributed by atoms with Gasteiger partial charge in [-0.25, -0.2) is 0 Å². The van der Waals surface area contributed by atoms with Crippen LogP contribution in [0.2, 0.25) is 0 Å². The second kappa shape index (κ2) is 6.88. The minimum absolute atomic E-state index is 0.193. The van der Waals surface area contributed by atoms with Gasteiger partial charge in [0.05, 0.1) is 12.7 Å². The molecular formula is C19H23NO. The van der Waals surface area contributed by atoms with E-state index in [4.69, 9.17) is 4.74 Å². The van der Waals surface area contributed by atoms with Crippen LogP contribution in [0.5, 0.6) is 0 Å². The average Bonchev–Trinajstić information content (AvgIpc) is 2.56. The Morgan fingerprint density at radius 3 is 2.71 bits per heavy atom. The normalized spacial score (nSPS) is 19.0. The summed E-state index contributed by atoms with van der Waals surface area (Å²) in [5.41, 5.74) is 4.17. The van der Waals surface area contributed by atoms with E-state index < -0.39 is 0 Å². The summed E-state index contributed by atoms with van der Waals surface area (Å²) in [5.74, 6) is 0.519. The van der Waals surface area contributed by atoms with Crippen LogP contribution in [-0.4, -0.2) is 19.7 Å². The van der Waals surface area contributed by atoms with Crippen LogP contribution in [0.1, 0.15) is 35.6 Å². The summed E-state index contributed by atoms with van der Waals surface area (Å²) >= 11 is 0. The van der Waals surface area contributed by atoms with E-state index in [0.717, 1.165) is 26.1 Å². The maximum Gasteiger partial charge on any atom is 0.0952 e. The Morgan fingerprint density at radius 1 is 1.10 bits per heavy atom. The molecule has 1 aliphatic heterocycles. The molecule has 110 valence electrons. The van der Waals surface area contributed by atoms with Crippen LogP contribution in [0.3, 0.4) is 0 Å². The fourth-order valence-corrected chi connectivity index (χ4v) is 2.98. The van der Waals surface area contributed by atoms with Gasteiger partial charge in [-0.15, -0.1) is 0 Å². The van der Waals surface area contributed by atoms with Crippen LogP contribution in [0.15, 0.2) is 54.6 Å². The van der Waals surface area contributed by atoms with Crippen LogP contribution in [-0.2, 0) is 11.2 Å². The maximum absolute atomic E-state index is 5.93. The molecule has 0 aliphatic carbocycles. The van der Waals surface area contributed by atoms with Crippen LogP contribution < -0.4 is 5.32 Å². The van der Waals surface area contributed by atoms with E-state index in [1.807, 2.05) is 0 Å². The molecule has 1 aliphatic rings. The number of fused-ring (bicyclic) bond motifs is 1. The van der Waals surface area contributed by atoms with E-state index in [1.54, 1.807) is 0 Å². The Hall–Kier alpha value is -1.64. The molecule has 2 aromatic rings. The largest absolute Gasteiger partial charge is 0.372 e. The second-order valence-corrected chi connectivity index (χ2v) is 5.78. The third-order valence-corrected chi connectivity index (χ3v) is 4.24. The van der Waals surface area contributed by atoms with Crippen LogP contribution >= 0.6 is 0 Å². The molecule has 0 amide bonds. The molecule has 2 atom stereocenters. The molecule has 0 saturated heterocycles. The smallest absolute Gasteiger partial charge is 0.0952 e. The Labute approximate surface area is 127 Å². The molecule has 0 aromatic heterocycles. The first-order chi connectivity index (χ1) is 10.3. The summed E-state index contributed by atoms with van der Waals surface area (Å²) < 4.78 is 5.93. The fraction of sp³-hybridized carbons (Fsp3) is 0.368. The Bertz CT molecular complexity index is 567. The van der Waals surface area contributed by atoms with Gasteiger partial charge in [0.1, 0.15) is 0 Å². The van der Waals surface area contributed by atoms with Gasteiger partial charge in [-0.2, -0.15) is 0 Å². The molecule has 2 unspecified atom stereocenters. The van der Waals surface area contributed by atoms with E-state index in [-0.39, 0.29) is 6.10 Å². The Kier molecular flexibility index (Phi) is 4.69. The predicted molar refractivity (Wildman–Crippen MR) is 86.6 cm³/mol. The quantitative estimate of drug-likeness (QED) is 0.902. The lowest BCUT2D eigenvalue weighted by Gasteiger charge is -2.27. The van der Waals surface area contributed by atoms with Crippen LogP contribution in [0.4, 0.5) is 0 Å². The maximum atomic E-state index is 5.93. The van der Waals surface area contributed by atoms with Gasteiger partial charge in [-0.1, -0.05) is 61.5 Å². The summed E-state index contributed by atoms with van der Waals surface area (Å²) in [6, 6.07) is 19.3. The third-order valence-electron chi connectivity index (χ3n) is 4.24. The molecular weight excluding hydrogens is 258 g/mol. The zero-order valence-electron chi connectivity index (χ0n) is 12.6. The molecule has 0 radical (unpaired) electrons. The minimum Gasteiger partial charge on any atom is -0.372 e. The summed E-state index contributed by atoms with van der Waals surface area (Å²) in [5, 5.41) is 3.57. The first-order valence-electron chi connectivity index (χ1n) is 7.79. The van der Waals surface area contributed by atoms with E-state index in [2.05, 4.69) is 66.8 Å². The monoisotopic (exact) mass is 281 g/mol. The summed E-state index contributed by atoms with van der Waals surface area (Å²) in [6.07, 6.45) is 1.23. The van der Waals surface area contributed by atoms with Crippen molar-refractivity contribution in [2.24, 2.45) is 0 Å². The lowest BCUT2D eigenvalue weighted by Crippen LogP contribution is -2.29. The van der Waals surface area contributed by atoms with Crippen LogP contribution in [0, 0.1) is 0 Å². The number of ether oxygens (including phenoxy) is 1. The Morgan fingerprint density at radius 2 is 1.86 bits per heavy atom. The van der Waals surface area contributed by atoms with Crippen molar-refractivity contribution < 1.29 is 4.74 Å². The van der Waals surface area contributed by atoms with Crippen molar-refractivity contribution in [1.82, 2.24) is 5.32 Å². The zero-order valence-corrected chi connectivity index (χ0v) is 12.6. The molecule has 0 spiro atoms. The topological polar surface area (TPSA) is 21.3 Å². The van der Waals surface area contributed by atoms with Gasteiger partial charge in [-0.05, 0) is 29.0 Å². The van der Waals surface area contributed by atoms with Crippen molar-refractivity contribution in [3.05, 3.63) is 71.3 Å². The molecule has 0 saturated carbocycles. The van der Waals surface area contributed by atoms with Gasteiger partial charge >= 0.3 is 0 Å². The summed E-state index contributed by atoms with van der Waals surface area (Å²) in [7, 11) is 0. The lowest BCUT2D eigenvalue weighted by molar-refractivity contribution is 0.0425. The number of rotatable bonds is 5. The summed E-state index contributed by atoms with van der Waals surface area (Å²) in [6.45, 7) is 4.95. The Balaban J connectivity index is 1.55. The fourth-order valence-electron chi connectivity index (χ4n) is 2.98. The van der Waals surface area contributed by atoms with Crippen LogP contribution in [0.25, 0.3) is 0 Å². The van der Waals surface area contributed by atoms with Gasteiger partial charge in [0.25, 0.3) is 0 Å². The SMILES string of the molecule is CC(CNCC1OCCc2ccccc21)c1ccccc1. The molecule has 1 N–H and O–H groups in total. The van der Waals surface area contributed by atoms with E-state index in [9.17, 15) is 0 Å². The van der Waals surface area contributed by atoms with Gasteiger partial charge in [0.2, 0.25) is 0 Å². The number of nitrogens with one attached hydrogen (secondary N) is 1. The summed E-state index contributed by atoms with van der Waals surface area (Å²) in [4.78, 5) is 0. The first-order valence-corrected chi connectivity index (χ1v) is 7.79. The van der Waals surface area contributed by atoms with Crippen molar-refractivity contribution in [2.75, 3.05) is 19.7 Å². The van der Waals surface area contributed by atoms with Gasteiger partial charge in [0, 0.05) is 13.1 Å². The van der Waals surface area contributed by atoms with Gasteiger partial charge < -0.3 is 10.1 Å². The molecule has 2 heteroatoms. The highest BCUT2D eigenvalue weighted by Crippen LogP contribution is 2.26. The highest BCUT2D eigenvalue weighted by atomic mass is 16.5. The lowest BCUT2D eigenvalue weighted by atomic mass is 9.97. The number of hydrogen-bond acceptors (Lipinski definition) is 2. The standard InChI is InChI=1S/C19H23NO/c1-15(16-7-3-2-4-8-16)13-20-14-19-18-10-6-5-9-17(18)11-12-21-19/h2-10,15,19-20H,11-14H2,1H3. The third kappa shape index (κ3) is 3.52. The van der Waals surface area contributed by atoms with Gasteiger partial charge in [0.15, 0.2) is 0 Å². The molecule has 2 aromatic carbocycles. The molecule has 0 bridgehead atoms. The number of hydrogen-bond donors (Lipinski definition) is 1. The van der Waals surface area contributed by atoms with Crippen molar-refractivity contribution in [3.8, 4) is 0 Å².